The summed E-state index contributed by atoms with van der Waals surface area (Å²) in [4.78, 5) is 17.1. The van der Waals surface area contributed by atoms with Crippen LogP contribution in [0.3, 0.4) is 0 Å². The molecule has 2 heterocycles. The number of sulfonamides is 1. The van der Waals surface area contributed by atoms with Crippen molar-refractivity contribution in [3.63, 3.8) is 0 Å². The number of piperazine rings is 1. The summed E-state index contributed by atoms with van der Waals surface area (Å²) in [6.45, 7) is 6.65. The first-order valence-electron chi connectivity index (χ1n) is 14.6. The molecular weight excluding hydrogens is 591 g/mol. The Morgan fingerprint density at radius 1 is 1.05 bits per heavy atom. The smallest absolute Gasteiger partial charge is 0.416 e. The van der Waals surface area contributed by atoms with Crippen LogP contribution >= 0.6 is 11.6 Å². The third-order valence-electron chi connectivity index (χ3n) is 8.25. The molecule has 7 nitrogen and oxygen atoms in total. The Bertz CT molecular complexity index is 1300. The van der Waals surface area contributed by atoms with Crippen molar-refractivity contribution >= 4 is 27.7 Å². The monoisotopic (exact) mass is 629 g/mol. The molecule has 2 saturated heterocycles. The Hall–Kier alpha value is -2.34. The third kappa shape index (κ3) is 7.59. The van der Waals surface area contributed by atoms with Crippen LogP contribution in [0.15, 0.2) is 53.4 Å². The van der Waals surface area contributed by atoms with Gasteiger partial charge >= 0.3 is 12.3 Å². The topological polar surface area (TPSA) is 70.2 Å². The van der Waals surface area contributed by atoms with E-state index in [1.54, 1.807) is 4.90 Å². The van der Waals surface area contributed by atoms with Gasteiger partial charge in [-0.3, -0.25) is 4.90 Å². The summed E-state index contributed by atoms with van der Waals surface area (Å²) in [6.07, 6.45) is -0.544. The lowest BCUT2D eigenvalue weighted by Gasteiger charge is -2.42. The maximum Gasteiger partial charge on any atom is 0.416 e. The number of halogens is 4. The molecule has 232 valence electrons. The summed E-state index contributed by atoms with van der Waals surface area (Å²) in [5, 5.41) is 0.354. The Morgan fingerprint density at radius 2 is 1.74 bits per heavy atom. The fourth-order valence-corrected chi connectivity index (χ4v) is 8.02. The van der Waals surface area contributed by atoms with Crippen molar-refractivity contribution in [2.24, 2.45) is 0 Å². The zero-order chi connectivity index (χ0) is 30.5. The van der Waals surface area contributed by atoms with E-state index in [0.29, 0.717) is 43.4 Å². The lowest BCUT2D eigenvalue weighted by Crippen LogP contribution is -2.53. The second-order valence-corrected chi connectivity index (χ2v) is 13.2. The van der Waals surface area contributed by atoms with Gasteiger partial charge in [-0.2, -0.15) is 17.5 Å². The molecule has 1 amide bonds. The van der Waals surface area contributed by atoms with Gasteiger partial charge in [-0.15, -0.1) is 0 Å². The first-order valence-corrected chi connectivity index (χ1v) is 16.4. The van der Waals surface area contributed by atoms with Gasteiger partial charge in [0.25, 0.3) is 0 Å². The first kappa shape index (κ1) is 32.6. The van der Waals surface area contributed by atoms with E-state index < -0.39 is 39.9 Å². The Labute approximate surface area is 251 Å². The summed E-state index contributed by atoms with van der Waals surface area (Å²) in [7, 11) is -4.19. The number of benzene rings is 2. The maximum absolute atomic E-state index is 14.0. The molecule has 2 aliphatic rings. The SMILES string of the molecule is CCCC(CC)N1CCN(C(=O)OC[C@H]2CCCC(c3cccc(C(F)(F)F)c3)N2S(=O)(=O)c2ccc(Cl)cc2)CC1. The highest BCUT2D eigenvalue weighted by Crippen LogP contribution is 2.41. The summed E-state index contributed by atoms with van der Waals surface area (Å²) < 4.78 is 75.6. The van der Waals surface area contributed by atoms with Gasteiger partial charge in [0, 0.05) is 37.2 Å². The molecule has 0 aromatic heterocycles. The molecule has 0 spiro atoms. The molecule has 4 rings (SSSR count). The van der Waals surface area contributed by atoms with Gasteiger partial charge in [-0.25, -0.2) is 13.2 Å². The number of amides is 1. The van der Waals surface area contributed by atoms with Crippen molar-refractivity contribution in [2.75, 3.05) is 32.8 Å². The molecule has 2 fully saturated rings. The standard InChI is InChI=1S/C30H39ClF3N3O4S/c1-3-7-25(4-2)35-16-18-36(19-17-35)29(38)41-21-26-10-6-11-28(22-8-5-9-23(20-22)30(32,33)34)37(26)42(39,40)27-14-12-24(31)13-15-27/h5,8-9,12-15,20,25-26,28H,3-4,6-7,10-11,16-19,21H2,1-2H3/t25?,26-,28?/m1/s1. The highest BCUT2D eigenvalue weighted by molar-refractivity contribution is 7.89. The lowest BCUT2D eigenvalue weighted by molar-refractivity contribution is -0.137. The van der Waals surface area contributed by atoms with Gasteiger partial charge in [0.05, 0.1) is 22.5 Å². The van der Waals surface area contributed by atoms with Crippen LogP contribution in [0.1, 0.15) is 69.5 Å². The predicted molar refractivity (Wildman–Crippen MR) is 156 cm³/mol. The lowest BCUT2D eigenvalue weighted by atomic mass is 9.92. The molecule has 2 aromatic rings. The molecular formula is C30H39ClF3N3O4S. The van der Waals surface area contributed by atoms with Crippen LogP contribution in [0.5, 0.6) is 0 Å². The van der Waals surface area contributed by atoms with Crippen LogP contribution in [-0.2, 0) is 20.9 Å². The van der Waals surface area contributed by atoms with Crippen molar-refractivity contribution in [3.8, 4) is 0 Å². The average Bonchev–Trinajstić information content (AvgIpc) is 2.98. The number of nitrogens with zero attached hydrogens (tertiary/aromatic N) is 3. The molecule has 12 heteroatoms. The number of hydrogen-bond donors (Lipinski definition) is 0. The summed E-state index contributed by atoms with van der Waals surface area (Å²) >= 11 is 5.99. The van der Waals surface area contributed by atoms with Gasteiger partial charge in [0.2, 0.25) is 10.0 Å². The molecule has 0 saturated carbocycles. The van der Waals surface area contributed by atoms with Crippen molar-refractivity contribution in [2.45, 2.75) is 81.6 Å². The average molecular weight is 630 g/mol. The van der Waals surface area contributed by atoms with Crippen LogP contribution in [0.4, 0.5) is 18.0 Å². The van der Waals surface area contributed by atoms with E-state index in [1.165, 1.54) is 40.7 Å². The van der Waals surface area contributed by atoms with Crippen LogP contribution in [0.25, 0.3) is 0 Å². The number of rotatable bonds is 9. The maximum atomic E-state index is 14.0. The summed E-state index contributed by atoms with van der Waals surface area (Å²) in [5.41, 5.74) is -0.604. The first-order chi connectivity index (χ1) is 20.0. The van der Waals surface area contributed by atoms with E-state index in [2.05, 4.69) is 18.7 Å². The number of hydrogen-bond acceptors (Lipinski definition) is 5. The van der Waals surface area contributed by atoms with Gasteiger partial charge < -0.3 is 9.64 Å². The minimum absolute atomic E-state index is 0.0317. The van der Waals surface area contributed by atoms with Gasteiger partial charge in [-0.05, 0) is 74.1 Å². The molecule has 2 aromatic carbocycles. The molecule has 0 aliphatic carbocycles. The predicted octanol–water partition coefficient (Wildman–Crippen LogP) is 6.98. The number of carbonyl (C=O) groups is 1. The van der Waals surface area contributed by atoms with Gasteiger partial charge in [-0.1, -0.05) is 44.0 Å². The summed E-state index contributed by atoms with van der Waals surface area (Å²) in [6, 6.07) is 9.30. The second kappa shape index (κ2) is 14.0. The minimum Gasteiger partial charge on any atom is -0.448 e. The van der Waals surface area contributed by atoms with Crippen LogP contribution in [0, 0.1) is 0 Å². The van der Waals surface area contributed by atoms with Crippen molar-refractivity contribution < 1.29 is 31.1 Å². The molecule has 0 radical (unpaired) electrons. The fraction of sp³-hybridized carbons (Fsp3) is 0.567. The Balaban J connectivity index is 1.55. The fourth-order valence-electron chi connectivity index (χ4n) is 6.05. The Morgan fingerprint density at radius 3 is 2.36 bits per heavy atom. The molecule has 0 bridgehead atoms. The molecule has 42 heavy (non-hydrogen) atoms. The zero-order valence-corrected chi connectivity index (χ0v) is 25.6. The molecule has 2 aliphatic heterocycles. The van der Waals surface area contributed by atoms with E-state index in [9.17, 15) is 26.4 Å². The van der Waals surface area contributed by atoms with E-state index in [4.69, 9.17) is 16.3 Å². The van der Waals surface area contributed by atoms with Crippen molar-refractivity contribution in [3.05, 3.63) is 64.7 Å². The van der Waals surface area contributed by atoms with Gasteiger partial charge in [0.1, 0.15) is 6.61 Å². The van der Waals surface area contributed by atoms with Crippen molar-refractivity contribution in [1.29, 1.82) is 0 Å². The van der Waals surface area contributed by atoms with E-state index >= 15 is 0 Å². The van der Waals surface area contributed by atoms with E-state index in [-0.39, 0.29) is 17.1 Å². The molecule has 3 atom stereocenters. The number of piperidine rings is 1. The highest BCUT2D eigenvalue weighted by Gasteiger charge is 2.42. The second-order valence-electron chi connectivity index (χ2n) is 11.0. The normalized spacial score (nSPS) is 21.7. The van der Waals surface area contributed by atoms with Crippen LogP contribution in [0.2, 0.25) is 5.02 Å². The number of alkyl halides is 3. The highest BCUT2D eigenvalue weighted by atomic mass is 35.5. The summed E-state index contributed by atoms with van der Waals surface area (Å²) in [5.74, 6) is 0. The minimum atomic E-state index is -4.57. The van der Waals surface area contributed by atoms with E-state index in [0.717, 1.165) is 44.5 Å². The van der Waals surface area contributed by atoms with Crippen LogP contribution < -0.4 is 0 Å². The largest absolute Gasteiger partial charge is 0.448 e. The molecule has 0 N–H and O–H groups in total. The third-order valence-corrected chi connectivity index (χ3v) is 10.5. The molecule has 2 unspecified atom stereocenters. The Kier molecular flexibility index (Phi) is 10.8. The number of ether oxygens (including phenoxy) is 1. The van der Waals surface area contributed by atoms with E-state index in [1.807, 2.05) is 0 Å². The number of carbonyl (C=O) groups excluding carboxylic acids is 1. The quantitative estimate of drug-likeness (QED) is 0.299. The zero-order valence-electron chi connectivity index (χ0n) is 24.0. The van der Waals surface area contributed by atoms with Crippen molar-refractivity contribution in [1.82, 2.24) is 14.1 Å². The van der Waals surface area contributed by atoms with Crippen LogP contribution in [-0.4, -0.2) is 73.5 Å². The van der Waals surface area contributed by atoms with Gasteiger partial charge in [0.15, 0.2) is 0 Å².